The summed E-state index contributed by atoms with van der Waals surface area (Å²) in [5.74, 6) is 2.85. The van der Waals surface area contributed by atoms with E-state index in [1.807, 2.05) is 54.6 Å². The van der Waals surface area contributed by atoms with Crippen LogP contribution in [0.4, 0.5) is 5.69 Å². The lowest BCUT2D eigenvalue weighted by molar-refractivity contribution is -0.119. The third kappa shape index (κ3) is 4.29. The van der Waals surface area contributed by atoms with Crippen molar-refractivity contribution in [2.45, 2.75) is 25.7 Å². The van der Waals surface area contributed by atoms with Gasteiger partial charge < -0.3 is 19.5 Å². The molecule has 1 fully saturated rings. The van der Waals surface area contributed by atoms with Gasteiger partial charge in [-0.1, -0.05) is 25.0 Å². The normalized spacial score (nSPS) is 13.9. The zero-order valence-corrected chi connectivity index (χ0v) is 18.8. The third-order valence-corrected chi connectivity index (χ3v) is 6.24. The molecule has 0 atom stereocenters. The Bertz CT molecular complexity index is 1330. The number of hydrogen-bond donors (Lipinski definition) is 1. The zero-order chi connectivity index (χ0) is 22.8. The SMILES string of the molecule is COc1cc2nccc(Oc3ccc4ccc(NC(=O)C5CCCC5)cc4c3)c2cc1OC. The Hall–Kier alpha value is -3.80. The van der Waals surface area contributed by atoms with Crippen LogP contribution in [0.25, 0.3) is 21.7 Å². The van der Waals surface area contributed by atoms with Crippen molar-refractivity contribution in [3.8, 4) is 23.0 Å². The summed E-state index contributed by atoms with van der Waals surface area (Å²) >= 11 is 0. The number of carbonyl (C=O) groups excluding carboxylic acids is 1. The topological polar surface area (TPSA) is 69.7 Å². The lowest BCUT2D eigenvalue weighted by atomic mass is 10.1. The fourth-order valence-corrected chi connectivity index (χ4v) is 4.46. The predicted octanol–water partition coefficient (Wildman–Crippen LogP) is 6.33. The first kappa shape index (κ1) is 21.1. The highest BCUT2D eigenvalue weighted by atomic mass is 16.5. The molecule has 1 aliphatic rings. The maximum absolute atomic E-state index is 12.5. The second-order valence-electron chi connectivity index (χ2n) is 8.33. The van der Waals surface area contributed by atoms with Crippen LogP contribution >= 0.6 is 0 Å². The Morgan fingerprint density at radius 3 is 2.42 bits per heavy atom. The molecule has 1 aliphatic carbocycles. The maximum Gasteiger partial charge on any atom is 0.227 e. The molecule has 5 rings (SSSR count). The van der Waals surface area contributed by atoms with Crippen molar-refractivity contribution in [1.29, 1.82) is 0 Å². The Morgan fingerprint density at radius 1 is 0.879 bits per heavy atom. The largest absolute Gasteiger partial charge is 0.493 e. The maximum atomic E-state index is 12.5. The van der Waals surface area contributed by atoms with E-state index in [0.29, 0.717) is 23.0 Å². The van der Waals surface area contributed by atoms with Gasteiger partial charge >= 0.3 is 0 Å². The van der Waals surface area contributed by atoms with Gasteiger partial charge in [-0.2, -0.15) is 0 Å². The van der Waals surface area contributed by atoms with Crippen molar-refractivity contribution in [2.75, 3.05) is 19.5 Å². The molecule has 0 bridgehead atoms. The van der Waals surface area contributed by atoms with E-state index < -0.39 is 0 Å². The molecular weight excluding hydrogens is 416 g/mol. The summed E-state index contributed by atoms with van der Waals surface area (Å²) in [5, 5.41) is 5.98. The first-order valence-corrected chi connectivity index (χ1v) is 11.2. The van der Waals surface area contributed by atoms with Crippen molar-refractivity contribution in [3.63, 3.8) is 0 Å². The summed E-state index contributed by atoms with van der Waals surface area (Å²) in [6, 6.07) is 17.4. The minimum atomic E-state index is 0.117. The fourth-order valence-electron chi connectivity index (χ4n) is 4.46. The van der Waals surface area contributed by atoms with Crippen molar-refractivity contribution in [2.24, 2.45) is 5.92 Å². The molecule has 3 aromatic carbocycles. The van der Waals surface area contributed by atoms with E-state index in [2.05, 4.69) is 10.3 Å². The van der Waals surface area contributed by atoms with Crippen molar-refractivity contribution >= 4 is 33.3 Å². The highest BCUT2D eigenvalue weighted by Crippen LogP contribution is 2.37. The van der Waals surface area contributed by atoms with Crippen molar-refractivity contribution < 1.29 is 19.0 Å². The number of rotatable bonds is 6. The van der Waals surface area contributed by atoms with Crippen LogP contribution in [0.5, 0.6) is 23.0 Å². The molecular formula is C27H26N2O4. The van der Waals surface area contributed by atoms with Crippen molar-refractivity contribution in [1.82, 2.24) is 4.98 Å². The molecule has 1 aromatic heterocycles. The van der Waals surface area contributed by atoms with Crippen LogP contribution in [-0.2, 0) is 4.79 Å². The average Bonchev–Trinajstić information content (AvgIpc) is 3.38. The molecule has 0 aliphatic heterocycles. The van der Waals surface area contributed by atoms with E-state index in [1.54, 1.807) is 20.4 Å². The summed E-state index contributed by atoms with van der Waals surface area (Å²) in [6.45, 7) is 0. The first-order valence-electron chi connectivity index (χ1n) is 11.2. The van der Waals surface area contributed by atoms with Gasteiger partial charge in [0.1, 0.15) is 11.5 Å². The Kier molecular flexibility index (Phi) is 5.73. The van der Waals surface area contributed by atoms with Crippen LogP contribution in [0.15, 0.2) is 60.8 Å². The minimum absolute atomic E-state index is 0.117. The van der Waals surface area contributed by atoms with Crippen LogP contribution in [0, 0.1) is 5.92 Å². The number of pyridine rings is 1. The van der Waals surface area contributed by atoms with Gasteiger partial charge in [0.25, 0.3) is 0 Å². The number of nitrogens with one attached hydrogen (secondary N) is 1. The number of nitrogens with zero attached hydrogens (tertiary/aromatic N) is 1. The van der Waals surface area contributed by atoms with Gasteiger partial charge in [0.15, 0.2) is 11.5 Å². The Labute approximate surface area is 192 Å². The van der Waals surface area contributed by atoms with Gasteiger partial charge in [-0.05, 0) is 60.0 Å². The van der Waals surface area contributed by atoms with Crippen LogP contribution in [0.1, 0.15) is 25.7 Å². The molecule has 33 heavy (non-hydrogen) atoms. The number of anilines is 1. The zero-order valence-electron chi connectivity index (χ0n) is 18.8. The van der Waals surface area contributed by atoms with Gasteiger partial charge in [-0.25, -0.2) is 0 Å². The summed E-state index contributed by atoms with van der Waals surface area (Å²) in [7, 11) is 3.20. The van der Waals surface area contributed by atoms with E-state index in [4.69, 9.17) is 14.2 Å². The number of hydrogen-bond acceptors (Lipinski definition) is 5. The number of amides is 1. The Balaban J connectivity index is 1.44. The second-order valence-corrected chi connectivity index (χ2v) is 8.33. The predicted molar refractivity (Wildman–Crippen MR) is 129 cm³/mol. The number of methoxy groups -OCH3 is 2. The van der Waals surface area contributed by atoms with Gasteiger partial charge in [-0.15, -0.1) is 0 Å². The highest BCUT2D eigenvalue weighted by molar-refractivity contribution is 5.96. The van der Waals surface area contributed by atoms with E-state index in [1.165, 1.54) is 0 Å². The fraction of sp³-hybridized carbons (Fsp3) is 0.259. The number of carbonyl (C=O) groups is 1. The van der Waals surface area contributed by atoms with Crippen LogP contribution in [0.2, 0.25) is 0 Å². The van der Waals surface area contributed by atoms with E-state index in [0.717, 1.165) is 53.0 Å². The van der Waals surface area contributed by atoms with Gasteiger partial charge in [0.2, 0.25) is 5.91 Å². The van der Waals surface area contributed by atoms with E-state index in [-0.39, 0.29) is 11.8 Å². The molecule has 1 saturated carbocycles. The molecule has 1 heterocycles. The highest BCUT2D eigenvalue weighted by Gasteiger charge is 2.22. The monoisotopic (exact) mass is 442 g/mol. The van der Waals surface area contributed by atoms with Crippen LogP contribution in [-0.4, -0.2) is 25.1 Å². The first-order chi connectivity index (χ1) is 16.1. The van der Waals surface area contributed by atoms with Gasteiger partial charge in [0.05, 0.1) is 19.7 Å². The number of fused-ring (bicyclic) bond motifs is 2. The smallest absolute Gasteiger partial charge is 0.227 e. The molecule has 168 valence electrons. The number of ether oxygens (including phenoxy) is 3. The lowest BCUT2D eigenvalue weighted by Gasteiger charge is -2.13. The molecule has 6 nitrogen and oxygen atoms in total. The molecule has 0 unspecified atom stereocenters. The van der Waals surface area contributed by atoms with E-state index in [9.17, 15) is 4.79 Å². The summed E-state index contributed by atoms with van der Waals surface area (Å²) in [5.41, 5.74) is 1.56. The lowest BCUT2D eigenvalue weighted by Crippen LogP contribution is -2.20. The molecule has 0 spiro atoms. The molecule has 6 heteroatoms. The minimum Gasteiger partial charge on any atom is -0.493 e. The molecule has 0 radical (unpaired) electrons. The van der Waals surface area contributed by atoms with Crippen LogP contribution in [0.3, 0.4) is 0 Å². The average molecular weight is 443 g/mol. The summed E-state index contributed by atoms with van der Waals surface area (Å²) in [4.78, 5) is 17.0. The number of aromatic nitrogens is 1. The summed E-state index contributed by atoms with van der Waals surface area (Å²) in [6.07, 6.45) is 5.95. The molecule has 1 N–H and O–H groups in total. The van der Waals surface area contributed by atoms with Crippen molar-refractivity contribution in [3.05, 3.63) is 60.8 Å². The molecule has 1 amide bonds. The number of benzene rings is 3. The summed E-state index contributed by atoms with van der Waals surface area (Å²) < 4.78 is 17.1. The molecule has 4 aromatic rings. The second kappa shape index (κ2) is 8.98. The standard InChI is InChI=1S/C27H26N2O4/c1-31-25-15-22-23(16-26(25)32-2)28-12-11-24(22)33-21-10-8-17-7-9-20(13-19(17)14-21)29-27(30)18-5-3-4-6-18/h7-16,18H,3-6H2,1-2H3,(H,29,30). The Morgan fingerprint density at radius 2 is 1.64 bits per heavy atom. The van der Waals surface area contributed by atoms with Crippen LogP contribution < -0.4 is 19.5 Å². The van der Waals surface area contributed by atoms with Gasteiger partial charge in [-0.3, -0.25) is 9.78 Å². The quantitative estimate of drug-likeness (QED) is 0.378. The van der Waals surface area contributed by atoms with E-state index >= 15 is 0 Å². The molecule has 0 saturated heterocycles. The van der Waals surface area contributed by atoms with Gasteiger partial charge in [0, 0.05) is 29.3 Å². The third-order valence-electron chi connectivity index (χ3n) is 6.24.